The molecule has 2 aromatic rings. The number of nitrogens with one attached hydrogen (secondary N) is 1. The highest BCUT2D eigenvalue weighted by atomic mass is 19.1. The number of carbonyl (C=O) groups is 1. The van der Waals surface area contributed by atoms with Crippen molar-refractivity contribution in [2.24, 2.45) is 0 Å². The lowest BCUT2D eigenvalue weighted by Crippen LogP contribution is -2.40. The van der Waals surface area contributed by atoms with E-state index in [4.69, 9.17) is 4.74 Å². The fourth-order valence-electron chi connectivity index (χ4n) is 3.56. The first-order valence-electron chi connectivity index (χ1n) is 8.28. The summed E-state index contributed by atoms with van der Waals surface area (Å²) in [6.07, 6.45) is 4.47. The third-order valence-electron chi connectivity index (χ3n) is 4.85. The van der Waals surface area contributed by atoms with Gasteiger partial charge in [0.2, 0.25) is 5.88 Å². The molecular formula is C19H20F2N2O2. The Morgan fingerprint density at radius 3 is 2.44 bits per heavy atom. The lowest BCUT2D eigenvalue weighted by Gasteiger charge is -2.30. The minimum Gasteiger partial charge on any atom is -0.481 e. The molecule has 1 aliphatic carbocycles. The zero-order valence-electron chi connectivity index (χ0n) is 14.0. The molecule has 1 aliphatic rings. The summed E-state index contributed by atoms with van der Waals surface area (Å²) in [7, 11) is 1.49. The topological polar surface area (TPSA) is 51.2 Å². The average molecular weight is 346 g/mol. The van der Waals surface area contributed by atoms with Gasteiger partial charge in [0.25, 0.3) is 5.91 Å². The van der Waals surface area contributed by atoms with Gasteiger partial charge in [0.05, 0.1) is 12.7 Å². The predicted molar refractivity (Wildman–Crippen MR) is 89.6 cm³/mol. The van der Waals surface area contributed by atoms with E-state index in [9.17, 15) is 13.6 Å². The highest BCUT2D eigenvalue weighted by molar-refractivity contribution is 5.94. The van der Waals surface area contributed by atoms with Gasteiger partial charge in [0.15, 0.2) is 0 Å². The van der Waals surface area contributed by atoms with Crippen molar-refractivity contribution in [2.75, 3.05) is 13.7 Å². The van der Waals surface area contributed by atoms with Gasteiger partial charge in [-0.3, -0.25) is 4.79 Å². The minimum atomic E-state index is -0.703. The Balaban J connectivity index is 1.79. The standard InChI is InChI=1S/C19H20F2N2O2/c1-25-16-8-7-13(11-22-16)18(24)23-12-19(9-2-3-10-19)17-14(20)5-4-6-15(17)21/h4-8,11H,2-3,9-10,12H2,1H3,(H,23,24). The van der Waals surface area contributed by atoms with Gasteiger partial charge in [-0.2, -0.15) is 0 Å². The molecule has 1 aromatic carbocycles. The SMILES string of the molecule is COc1ccc(C(=O)NCC2(c3c(F)cccc3F)CCCC2)cn1. The molecule has 1 saturated carbocycles. The number of hydrogen-bond donors (Lipinski definition) is 1. The molecule has 0 radical (unpaired) electrons. The largest absolute Gasteiger partial charge is 0.481 e. The molecule has 1 heterocycles. The van der Waals surface area contributed by atoms with Crippen LogP contribution in [0.1, 0.15) is 41.6 Å². The first-order chi connectivity index (χ1) is 12.1. The van der Waals surface area contributed by atoms with E-state index in [1.807, 2.05) is 0 Å². The van der Waals surface area contributed by atoms with Crippen LogP contribution in [0.25, 0.3) is 0 Å². The normalized spacial score (nSPS) is 15.8. The highest BCUT2D eigenvalue weighted by Gasteiger charge is 2.40. The van der Waals surface area contributed by atoms with Crippen LogP contribution in [0.3, 0.4) is 0 Å². The first-order valence-corrected chi connectivity index (χ1v) is 8.28. The molecule has 4 nitrogen and oxygen atoms in total. The van der Waals surface area contributed by atoms with E-state index < -0.39 is 17.0 Å². The molecule has 0 aliphatic heterocycles. The van der Waals surface area contributed by atoms with Crippen molar-refractivity contribution in [1.29, 1.82) is 0 Å². The summed E-state index contributed by atoms with van der Waals surface area (Å²) in [5, 5.41) is 2.82. The summed E-state index contributed by atoms with van der Waals surface area (Å²) in [5.41, 5.74) is -0.242. The smallest absolute Gasteiger partial charge is 0.252 e. The van der Waals surface area contributed by atoms with Gasteiger partial charge in [-0.25, -0.2) is 13.8 Å². The average Bonchev–Trinajstić information content (AvgIpc) is 3.09. The molecule has 6 heteroatoms. The molecule has 0 spiro atoms. The molecule has 1 aromatic heterocycles. The molecule has 1 fully saturated rings. The van der Waals surface area contributed by atoms with Gasteiger partial charge in [0.1, 0.15) is 11.6 Å². The molecule has 132 valence electrons. The fourth-order valence-corrected chi connectivity index (χ4v) is 3.56. The van der Waals surface area contributed by atoms with Gasteiger partial charge in [-0.1, -0.05) is 18.9 Å². The van der Waals surface area contributed by atoms with E-state index in [1.165, 1.54) is 31.5 Å². The lowest BCUT2D eigenvalue weighted by atomic mass is 9.78. The van der Waals surface area contributed by atoms with Crippen LogP contribution in [0, 0.1) is 11.6 Å². The molecule has 1 N–H and O–H groups in total. The second kappa shape index (κ2) is 7.17. The zero-order valence-corrected chi connectivity index (χ0v) is 14.0. The Kier molecular flexibility index (Phi) is 4.97. The van der Waals surface area contributed by atoms with E-state index in [2.05, 4.69) is 10.3 Å². The van der Waals surface area contributed by atoms with Crippen LogP contribution in [0.2, 0.25) is 0 Å². The van der Waals surface area contributed by atoms with Crippen molar-refractivity contribution in [2.45, 2.75) is 31.1 Å². The van der Waals surface area contributed by atoms with Crippen molar-refractivity contribution >= 4 is 5.91 Å². The van der Waals surface area contributed by atoms with Crippen molar-refractivity contribution in [3.05, 3.63) is 59.3 Å². The molecular weight excluding hydrogens is 326 g/mol. The lowest BCUT2D eigenvalue weighted by molar-refractivity contribution is 0.0941. The van der Waals surface area contributed by atoms with Gasteiger partial charge in [-0.15, -0.1) is 0 Å². The second-order valence-electron chi connectivity index (χ2n) is 6.36. The summed E-state index contributed by atoms with van der Waals surface area (Å²) >= 11 is 0. The van der Waals surface area contributed by atoms with E-state index in [-0.39, 0.29) is 18.0 Å². The van der Waals surface area contributed by atoms with Crippen LogP contribution in [0.5, 0.6) is 5.88 Å². The van der Waals surface area contributed by atoms with Crippen LogP contribution in [-0.4, -0.2) is 24.5 Å². The van der Waals surface area contributed by atoms with Crippen molar-refractivity contribution in [1.82, 2.24) is 10.3 Å². The maximum Gasteiger partial charge on any atom is 0.252 e. The molecule has 1 amide bonds. The Hall–Kier alpha value is -2.50. The maximum absolute atomic E-state index is 14.3. The van der Waals surface area contributed by atoms with Crippen LogP contribution < -0.4 is 10.1 Å². The summed E-state index contributed by atoms with van der Waals surface area (Å²) in [6, 6.07) is 7.10. The molecule has 0 unspecified atom stereocenters. The summed E-state index contributed by atoms with van der Waals surface area (Å²) in [6.45, 7) is 0.190. The third-order valence-corrected chi connectivity index (χ3v) is 4.85. The number of aromatic nitrogens is 1. The number of carbonyl (C=O) groups excluding carboxylic acids is 1. The van der Waals surface area contributed by atoms with E-state index in [0.717, 1.165) is 12.8 Å². The molecule has 0 saturated heterocycles. The van der Waals surface area contributed by atoms with E-state index in [0.29, 0.717) is 24.3 Å². The number of hydrogen-bond acceptors (Lipinski definition) is 3. The van der Waals surface area contributed by atoms with Gasteiger partial charge in [0, 0.05) is 29.8 Å². The number of nitrogens with zero attached hydrogens (tertiary/aromatic N) is 1. The Labute approximate surface area is 145 Å². The van der Waals surface area contributed by atoms with Gasteiger partial charge < -0.3 is 10.1 Å². The minimum absolute atomic E-state index is 0.0839. The van der Waals surface area contributed by atoms with Crippen LogP contribution >= 0.6 is 0 Å². The number of methoxy groups -OCH3 is 1. The zero-order chi connectivity index (χ0) is 17.9. The summed E-state index contributed by atoms with van der Waals surface area (Å²) in [4.78, 5) is 16.4. The maximum atomic E-state index is 14.3. The summed E-state index contributed by atoms with van der Waals surface area (Å²) in [5.74, 6) is -1.01. The first kappa shape index (κ1) is 17.3. The Bertz CT molecular complexity index is 736. The van der Waals surface area contributed by atoms with Crippen LogP contribution in [-0.2, 0) is 5.41 Å². The monoisotopic (exact) mass is 346 g/mol. The highest BCUT2D eigenvalue weighted by Crippen LogP contribution is 2.42. The predicted octanol–water partition coefficient (Wildman–Crippen LogP) is 3.61. The Morgan fingerprint density at radius 2 is 1.88 bits per heavy atom. The number of benzene rings is 1. The summed E-state index contributed by atoms with van der Waals surface area (Å²) < 4.78 is 33.6. The number of amides is 1. The van der Waals surface area contributed by atoms with Gasteiger partial charge >= 0.3 is 0 Å². The number of ether oxygens (including phenoxy) is 1. The molecule has 0 bridgehead atoms. The quantitative estimate of drug-likeness (QED) is 0.900. The van der Waals surface area contributed by atoms with Crippen molar-refractivity contribution in [3.8, 4) is 5.88 Å². The fraction of sp³-hybridized carbons (Fsp3) is 0.368. The third kappa shape index (κ3) is 3.48. The molecule has 3 rings (SSSR count). The van der Waals surface area contributed by atoms with Gasteiger partial charge in [-0.05, 0) is 31.0 Å². The number of rotatable bonds is 5. The molecule has 0 atom stereocenters. The van der Waals surface area contributed by atoms with Crippen LogP contribution in [0.15, 0.2) is 36.5 Å². The molecule has 25 heavy (non-hydrogen) atoms. The second-order valence-corrected chi connectivity index (χ2v) is 6.36. The van der Waals surface area contributed by atoms with E-state index >= 15 is 0 Å². The van der Waals surface area contributed by atoms with Crippen molar-refractivity contribution in [3.63, 3.8) is 0 Å². The van der Waals surface area contributed by atoms with Crippen LogP contribution in [0.4, 0.5) is 8.78 Å². The number of halogens is 2. The number of pyridine rings is 1. The van der Waals surface area contributed by atoms with E-state index in [1.54, 1.807) is 12.1 Å². The van der Waals surface area contributed by atoms with Crippen molar-refractivity contribution < 1.29 is 18.3 Å². The Morgan fingerprint density at radius 1 is 1.20 bits per heavy atom.